The molecule has 1 heterocycles. The van der Waals surface area contributed by atoms with Gasteiger partial charge in [0.2, 0.25) is 5.91 Å². The quantitative estimate of drug-likeness (QED) is 0.577. The number of benzene rings is 2. The summed E-state index contributed by atoms with van der Waals surface area (Å²) < 4.78 is 27.5. The maximum absolute atomic E-state index is 13.7. The molecule has 1 fully saturated rings. The topological polar surface area (TPSA) is 124 Å². The first-order chi connectivity index (χ1) is 15.6. The summed E-state index contributed by atoms with van der Waals surface area (Å²) in [6.45, 7) is 3.60. The third-order valence-corrected chi connectivity index (χ3v) is 8.85. The Labute approximate surface area is 192 Å². The van der Waals surface area contributed by atoms with Crippen molar-refractivity contribution in [1.29, 1.82) is 0 Å². The fraction of sp³-hybridized carbons (Fsp3) is 0.292. The summed E-state index contributed by atoms with van der Waals surface area (Å²) in [5, 5.41) is 6.92. The SMILES string of the molecule is Cc1ccc(C)c(S(=O)(=O)C2(C(=O)Nc3ccc(-n4ccc(C(N)=O)n4)cc3)CCCC2)c1. The first-order valence-electron chi connectivity index (χ1n) is 10.7. The lowest BCUT2D eigenvalue weighted by molar-refractivity contribution is -0.118. The molecular weight excluding hydrogens is 440 g/mol. The van der Waals surface area contributed by atoms with Crippen molar-refractivity contribution in [3.8, 4) is 5.69 Å². The smallest absolute Gasteiger partial charge is 0.269 e. The molecule has 1 saturated carbocycles. The summed E-state index contributed by atoms with van der Waals surface area (Å²) in [5.74, 6) is -1.13. The third-order valence-electron chi connectivity index (χ3n) is 6.20. The number of carbonyl (C=O) groups is 2. The molecule has 0 bridgehead atoms. The van der Waals surface area contributed by atoms with E-state index in [9.17, 15) is 18.0 Å². The highest BCUT2D eigenvalue weighted by Crippen LogP contribution is 2.42. The van der Waals surface area contributed by atoms with Crippen molar-refractivity contribution in [2.75, 3.05) is 5.32 Å². The highest BCUT2D eigenvalue weighted by molar-refractivity contribution is 7.93. The van der Waals surface area contributed by atoms with Gasteiger partial charge in [-0.1, -0.05) is 25.0 Å². The molecule has 3 aromatic rings. The lowest BCUT2D eigenvalue weighted by Crippen LogP contribution is -2.47. The van der Waals surface area contributed by atoms with Crippen LogP contribution in [-0.2, 0) is 14.6 Å². The zero-order valence-electron chi connectivity index (χ0n) is 18.5. The monoisotopic (exact) mass is 466 g/mol. The normalized spacial score (nSPS) is 15.3. The highest BCUT2D eigenvalue weighted by Gasteiger charge is 2.53. The zero-order valence-corrected chi connectivity index (χ0v) is 19.4. The Bertz CT molecular complexity index is 1320. The lowest BCUT2D eigenvalue weighted by atomic mass is 10.1. The van der Waals surface area contributed by atoms with Crippen LogP contribution >= 0.6 is 0 Å². The standard InChI is InChI=1S/C24H26N4O4S/c1-16-5-6-17(2)21(15-16)33(31,32)24(12-3-4-13-24)23(30)26-18-7-9-19(10-8-18)28-14-11-20(27-28)22(25)29/h5-11,14-15H,3-4,12-13H2,1-2H3,(H2,25,29)(H,26,30). The molecule has 4 rings (SSSR count). The minimum absolute atomic E-state index is 0.146. The van der Waals surface area contributed by atoms with Gasteiger partial charge in [-0.3, -0.25) is 9.59 Å². The molecule has 0 radical (unpaired) electrons. The average Bonchev–Trinajstić information content (AvgIpc) is 3.47. The van der Waals surface area contributed by atoms with E-state index >= 15 is 0 Å². The van der Waals surface area contributed by atoms with Crippen LogP contribution in [0, 0.1) is 13.8 Å². The van der Waals surface area contributed by atoms with Crippen LogP contribution in [0.2, 0.25) is 0 Å². The Morgan fingerprint density at radius 3 is 2.30 bits per heavy atom. The summed E-state index contributed by atoms with van der Waals surface area (Å²) in [7, 11) is -3.90. The van der Waals surface area contributed by atoms with Gasteiger partial charge < -0.3 is 11.1 Å². The molecule has 3 N–H and O–H groups in total. The van der Waals surface area contributed by atoms with Crippen LogP contribution in [0.1, 0.15) is 47.3 Å². The van der Waals surface area contributed by atoms with Gasteiger partial charge in [-0.25, -0.2) is 13.1 Å². The molecule has 0 atom stereocenters. The molecule has 33 heavy (non-hydrogen) atoms. The summed E-state index contributed by atoms with van der Waals surface area (Å²) in [5.41, 5.74) is 8.00. The molecule has 0 spiro atoms. The number of aryl methyl sites for hydroxylation is 2. The Balaban J connectivity index is 1.61. The van der Waals surface area contributed by atoms with Gasteiger partial charge in [-0.05, 0) is 74.2 Å². The van der Waals surface area contributed by atoms with E-state index in [1.54, 1.807) is 49.5 Å². The maximum atomic E-state index is 13.7. The predicted octanol–water partition coefficient (Wildman–Crippen LogP) is 3.31. The van der Waals surface area contributed by atoms with E-state index in [0.717, 1.165) is 5.56 Å². The van der Waals surface area contributed by atoms with E-state index in [1.807, 2.05) is 13.0 Å². The number of hydrogen-bond acceptors (Lipinski definition) is 5. The van der Waals surface area contributed by atoms with Crippen LogP contribution in [-0.4, -0.2) is 34.8 Å². The molecule has 0 aliphatic heterocycles. The maximum Gasteiger partial charge on any atom is 0.269 e. The van der Waals surface area contributed by atoms with Crippen molar-refractivity contribution in [3.05, 3.63) is 71.5 Å². The highest BCUT2D eigenvalue weighted by atomic mass is 32.2. The average molecular weight is 467 g/mol. The van der Waals surface area contributed by atoms with Gasteiger partial charge in [0.1, 0.15) is 5.69 Å². The van der Waals surface area contributed by atoms with Crippen LogP contribution in [0.5, 0.6) is 0 Å². The molecule has 172 valence electrons. The molecular formula is C24H26N4O4S. The first-order valence-corrected chi connectivity index (χ1v) is 12.2. The Morgan fingerprint density at radius 1 is 1.03 bits per heavy atom. The van der Waals surface area contributed by atoms with Crippen molar-refractivity contribution in [3.63, 3.8) is 0 Å². The molecule has 0 unspecified atom stereocenters. The van der Waals surface area contributed by atoms with Crippen LogP contribution in [0.3, 0.4) is 0 Å². The number of nitrogens with zero attached hydrogens (tertiary/aromatic N) is 2. The minimum Gasteiger partial charge on any atom is -0.364 e. The van der Waals surface area contributed by atoms with Gasteiger partial charge in [0.15, 0.2) is 14.6 Å². The molecule has 1 aliphatic rings. The van der Waals surface area contributed by atoms with E-state index in [-0.39, 0.29) is 23.4 Å². The summed E-state index contributed by atoms with van der Waals surface area (Å²) >= 11 is 0. The molecule has 1 aromatic heterocycles. The van der Waals surface area contributed by atoms with Gasteiger partial charge in [0.25, 0.3) is 5.91 Å². The van der Waals surface area contributed by atoms with E-state index < -0.39 is 26.4 Å². The van der Waals surface area contributed by atoms with Crippen molar-refractivity contribution in [2.24, 2.45) is 5.73 Å². The number of carbonyl (C=O) groups excluding carboxylic acids is 2. The van der Waals surface area contributed by atoms with Gasteiger partial charge in [-0.2, -0.15) is 5.10 Å². The Kier molecular flexibility index (Phi) is 5.84. The molecule has 0 saturated heterocycles. The second-order valence-electron chi connectivity index (χ2n) is 8.48. The van der Waals surface area contributed by atoms with Crippen LogP contribution in [0.15, 0.2) is 59.6 Å². The summed E-state index contributed by atoms with van der Waals surface area (Å²) in [6.07, 6.45) is 3.54. The second-order valence-corrected chi connectivity index (χ2v) is 10.7. The molecule has 2 amide bonds. The Morgan fingerprint density at radius 2 is 1.70 bits per heavy atom. The van der Waals surface area contributed by atoms with Crippen LogP contribution in [0.4, 0.5) is 5.69 Å². The minimum atomic E-state index is -3.90. The third kappa shape index (κ3) is 4.04. The van der Waals surface area contributed by atoms with Crippen molar-refractivity contribution >= 4 is 27.3 Å². The number of sulfone groups is 1. The number of amides is 2. The lowest BCUT2D eigenvalue weighted by Gasteiger charge is -2.28. The van der Waals surface area contributed by atoms with Crippen molar-refractivity contribution in [1.82, 2.24) is 9.78 Å². The largest absolute Gasteiger partial charge is 0.364 e. The van der Waals surface area contributed by atoms with Crippen molar-refractivity contribution in [2.45, 2.75) is 49.2 Å². The molecule has 2 aromatic carbocycles. The van der Waals surface area contributed by atoms with Gasteiger partial charge in [-0.15, -0.1) is 0 Å². The predicted molar refractivity (Wildman–Crippen MR) is 125 cm³/mol. The number of aromatic nitrogens is 2. The number of anilines is 1. The van der Waals surface area contributed by atoms with E-state index in [2.05, 4.69) is 10.4 Å². The summed E-state index contributed by atoms with van der Waals surface area (Å²) in [6, 6.07) is 13.6. The van der Waals surface area contributed by atoms with Crippen LogP contribution < -0.4 is 11.1 Å². The second kappa shape index (κ2) is 8.47. The number of primary amides is 1. The summed E-state index contributed by atoms with van der Waals surface area (Å²) in [4.78, 5) is 24.9. The van der Waals surface area contributed by atoms with Crippen molar-refractivity contribution < 1.29 is 18.0 Å². The Hall–Kier alpha value is -3.46. The number of nitrogens with one attached hydrogen (secondary N) is 1. The van der Waals surface area contributed by atoms with Crippen LogP contribution in [0.25, 0.3) is 5.69 Å². The van der Waals surface area contributed by atoms with E-state index in [1.165, 1.54) is 10.7 Å². The molecule has 9 heteroatoms. The first kappa shape index (κ1) is 22.7. The van der Waals surface area contributed by atoms with E-state index in [0.29, 0.717) is 29.8 Å². The molecule has 8 nitrogen and oxygen atoms in total. The fourth-order valence-electron chi connectivity index (χ4n) is 4.31. The van der Waals surface area contributed by atoms with E-state index in [4.69, 9.17) is 5.73 Å². The fourth-order valence-corrected chi connectivity index (χ4v) is 6.69. The molecule has 1 aliphatic carbocycles. The van der Waals surface area contributed by atoms with Gasteiger partial charge >= 0.3 is 0 Å². The van der Waals surface area contributed by atoms with Gasteiger partial charge in [0, 0.05) is 11.9 Å². The number of nitrogens with two attached hydrogens (primary N) is 1. The zero-order chi connectivity index (χ0) is 23.8. The number of hydrogen-bond donors (Lipinski definition) is 2. The number of rotatable bonds is 6. The van der Waals surface area contributed by atoms with Gasteiger partial charge in [0.05, 0.1) is 10.6 Å².